The molecule has 2 bridgehead atoms. The van der Waals surface area contributed by atoms with Crippen molar-refractivity contribution in [1.82, 2.24) is 0 Å². The quantitative estimate of drug-likeness (QED) is 0.577. The van der Waals surface area contributed by atoms with Gasteiger partial charge in [-0.25, -0.2) is 0 Å². The van der Waals surface area contributed by atoms with Crippen LogP contribution in [-0.2, 0) is 4.79 Å². The van der Waals surface area contributed by atoms with Gasteiger partial charge in [-0.3, -0.25) is 4.79 Å². The van der Waals surface area contributed by atoms with E-state index >= 15 is 0 Å². The number of rotatable bonds is 0. The van der Waals surface area contributed by atoms with Crippen molar-refractivity contribution >= 4 is 40.8 Å². The van der Waals surface area contributed by atoms with E-state index in [1.807, 2.05) is 0 Å². The fraction of sp³-hybridized carbons (Fsp3) is 0.125. The molecule has 1 N–H and O–H groups in total. The number of benzene rings is 1. The minimum Gasteiger partial charge on any atom is -1.00 e. The molecule has 0 radical (unpaired) electrons. The molecule has 3 nitrogen and oxygen atoms in total. The summed E-state index contributed by atoms with van der Waals surface area (Å²) in [7, 11) is 0. The van der Waals surface area contributed by atoms with E-state index in [4.69, 9.17) is 49.4 Å². The number of fused-ring (bicyclic) bond motifs is 2. The van der Waals surface area contributed by atoms with Gasteiger partial charge in [0.1, 0.15) is 10.0 Å². The maximum Gasteiger partial charge on any atom is 1.00 e. The summed E-state index contributed by atoms with van der Waals surface area (Å²) in [5.74, 6) is 0.372. The summed E-state index contributed by atoms with van der Waals surface area (Å²) in [6.45, 7) is 1.08. The van der Waals surface area contributed by atoms with E-state index in [9.17, 15) is 0 Å². The van der Waals surface area contributed by atoms with Crippen LogP contribution in [0.4, 0.5) is 0 Å². The van der Waals surface area contributed by atoms with E-state index in [2.05, 4.69) is 0 Å². The van der Waals surface area contributed by atoms with E-state index in [-0.39, 0.29) is 31.0 Å². The van der Waals surface area contributed by atoms with Crippen LogP contribution in [0, 0.1) is 0 Å². The minimum absolute atomic E-state index is 0. The van der Waals surface area contributed by atoms with E-state index in [0.29, 0.717) is 26.6 Å². The van der Waals surface area contributed by atoms with E-state index in [1.165, 1.54) is 0 Å². The number of hydrogen-bond donors (Lipinski definition) is 1. The Labute approximate surface area is 125 Å². The van der Waals surface area contributed by atoms with Crippen LogP contribution in [0.15, 0.2) is 6.07 Å². The average Bonchev–Trinajstić information content (AvgIpc) is 1.95. The van der Waals surface area contributed by atoms with Crippen molar-refractivity contribution in [3.63, 3.8) is 0 Å². The van der Waals surface area contributed by atoms with Gasteiger partial charge in [0.15, 0.2) is 11.5 Å². The van der Waals surface area contributed by atoms with Gasteiger partial charge in [-0.05, 0) is 0 Å². The molecular formula is C8H6Cl3NaO3. The van der Waals surface area contributed by atoms with E-state index in [1.54, 1.807) is 6.07 Å². The van der Waals surface area contributed by atoms with Crippen molar-refractivity contribution in [3.8, 4) is 11.5 Å². The first-order valence-corrected chi connectivity index (χ1v) is 4.61. The van der Waals surface area contributed by atoms with Crippen LogP contribution in [0.2, 0.25) is 15.1 Å². The second-order valence-corrected chi connectivity index (χ2v) is 3.57. The Balaban J connectivity index is 0. The summed E-state index contributed by atoms with van der Waals surface area (Å²) in [4.78, 5) is 9.00. The Morgan fingerprint density at radius 1 is 1.27 bits per heavy atom. The maximum atomic E-state index is 9.00. The molecule has 0 atom stereocenters. The molecule has 1 aromatic rings. The third-order valence-electron chi connectivity index (χ3n) is 1.30. The first-order valence-electron chi connectivity index (χ1n) is 3.48. The van der Waals surface area contributed by atoms with Gasteiger partial charge < -0.3 is 11.3 Å². The molecule has 0 aromatic heterocycles. The third-order valence-corrected chi connectivity index (χ3v) is 2.62. The van der Waals surface area contributed by atoms with Gasteiger partial charge in [0.05, 0.1) is 5.02 Å². The number of ether oxygens (including phenoxy) is 1. The summed E-state index contributed by atoms with van der Waals surface area (Å²) in [5.41, 5.74) is 0. The van der Waals surface area contributed by atoms with Gasteiger partial charge in [0, 0.05) is 13.0 Å². The van der Waals surface area contributed by atoms with E-state index < -0.39 is 5.97 Å². The van der Waals surface area contributed by atoms with Gasteiger partial charge in [-0.1, -0.05) is 34.8 Å². The molecule has 7 heteroatoms. The number of carboxylic acids is 1. The zero-order valence-corrected chi connectivity index (χ0v) is 12.2. The van der Waals surface area contributed by atoms with Crippen LogP contribution in [0.3, 0.4) is 0 Å². The van der Waals surface area contributed by atoms with Crippen LogP contribution >= 0.6 is 34.8 Å². The molecule has 2 aliphatic heterocycles. The van der Waals surface area contributed by atoms with Gasteiger partial charge in [-0.2, -0.15) is 0 Å². The first-order chi connectivity index (χ1) is 6.43. The number of carbonyl (C=O) groups is 1. The zero-order valence-electron chi connectivity index (χ0n) is 8.97. The van der Waals surface area contributed by atoms with Crippen molar-refractivity contribution in [2.75, 3.05) is 0 Å². The summed E-state index contributed by atoms with van der Waals surface area (Å²) in [6.07, 6.45) is 0. The van der Waals surface area contributed by atoms with Gasteiger partial charge >= 0.3 is 29.6 Å². The van der Waals surface area contributed by atoms with Crippen LogP contribution < -0.4 is 34.3 Å². The Kier molecular flexibility index (Phi) is 6.33. The molecule has 15 heavy (non-hydrogen) atoms. The van der Waals surface area contributed by atoms with Crippen LogP contribution in [0.5, 0.6) is 11.5 Å². The molecule has 1 aromatic carbocycles. The summed E-state index contributed by atoms with van der Waals surface area (Å²) in [5, 5.41) is 8.57. The zero-order chi connectivity index (χ0) is 10.9. The second-order valence-electron chi connectivity index (χ2n) is 2.44. The molecule has 0 unspecified atom stereocenters. The summed E-state index contributed by atoms with van der Waals surface area (Å²) >= 11 is 17.1. The molecule has 0 amide bonds. The predicted molar refractivity (Wildman–Crippen MR) is 56.0 cm³/mol. The Morgan fingerprint density at radius 3 is 1.73 bits per heavy atom. The van der Waals surface area contributed by atoms with Crippen LogP contribution in [0.1, 0.15) is 8.35 Å². The fourth-order valence-corrected chi connectivity index (χ4v) is 1.38. The largest absolute Gasteiger partial charge is 1.00 e. The standard InChI is InChI=1S/C6HCl3O.C2H4O2.Na.H/c7-4-2-1-3(10-2)5(8)6(4)9;1-2(3)4;;/h1H;1H3,(H,3,4);;/q;;+1;-1. The second kappa shape index (κ2) is 6.18. The normalized spacial score (nSPS) is 9.87. The van der Waals surface area contributed by atoms with Crippen molar-refractivity contribution < 1.29 is 45.6 Å². The number of carboxylic acid groups (broad SMARTS) is 1. The molecule has 2 aliphatic rings. The minimum atomic E-state index is -0.833. The molecule has 3 rings (SSSR count). The van der Waals surface area contributed by atoms with Crippen molar-refractivity contribution in [2.45, 2.75) is 6.92 Å². The Bertz CT molecular complexity index is 364. The van der Waals surface area contributed by atoms with Crippen LogP contribution in [0.25, 0.3) is 0 Å². The maximum absolute atomic E-state index is 9.00. The van der Waals surface area contributed by atoms with E-state index in [0.717, 1.165) is 6.92 Å². The van der Waals surface area contributed by atoms with Gasteiger partial charge in [-0.15, -0.1) is 0 Å². The number of aliphatic carboxylic acids is 1. The molecule has 0 aliphatic carbocycles. The molecule has 78 valence electrons. The third kappa shape index (κ3) is 3.70. The molecule has 0 saturated heterocycles. The van der Waals surface area contributed by atoms with Crippen LogP contribution in [-0.4, -0.2) is 11.1 Å². The first kappa shape index (κ1) is 15.4. The Morgan fingerprint density at radius 2 is 1.53 bits per heavy atom. The van der Waals surface area contributed by atoms with Gasteiger partial charge in [0.25, 0.3) is 5.97 Å². The fourth-order valence-electron chi connectivity index (χ4n) is 0.767. The van der Waals surface area contributed by atoms with Crippen molar-refractivity contribution in [3.05, 3.63) is 21.1 Å². The van der Waals surface area contributed by atoms with Crippen molar-refractivity contribution in [2.24, 2.45) is 0 Å². The summed E-state index contributed by atoms with van der Waals surface area (Å²) < 4.78 is 5.00. The smallest absolute Gasteiger partial charge is 1.00 e. The van der Waals surface area contributed by atoms with Crippen molar-refractivity contribution in [1.29, 1.82) is 0 Å². The molecule has 0 saturated carbocycles. The molecule has 0 fully saturated rings. The van der Waals surface area contributed by atoms with Gasteiger partial charge in [0.2, 0.25) is 0 Å². The monoisotopic (exact) mass is 278 g/mol. The topological polar surface area (TPSA) is 46.5 Å². The average molecular weight is 279 g/mol. The predicted octanol–water partition coefficient (Wildman–Crippen LogP) is 0.960. The number of halogens is 3. The Hall–Kier alpha value is 0.360. The summed E-state index contributed by atoms with van der Waals surface area (Å²) in [6, 6.07) is 1.75. The molecular weight excluding hydrogens is 273 g/mol. The molecule has 0 spiro atoms. The number of hydrogen-bond acceptors (Lipinski definition) is 2. The SMILES string of the molecule is CC(=O)O.Clc1c2cc(c(Cl)c1Cl)O2.[H-].[Na+]. The molecule has 2 heterocycles.